The highest BCUT2D eigenvalue weighted by Crippen LogP contribution is 2.17. The molecule has 1 fully saturated rings. The predicted molar refractivity (Wildman–Crippen MR) is 48.3 cm³/mol. The lowest BCUT2D eigenvalue weighted by Crippen LogP contribution is -2.29. The molecule has 2 rings (SSSR count). The molecule has 0 spiro atoms. The van der Waals surface area contributed by atoms with Gasteiger partial charge in [-0.1, -0.05) is 12.1 Å². The molecule has 0 radical (unpaired) electrons. The molecule has 1 saturated heterocycles. The molecule has 4 N–H and O–H groups in total. The zero-order valence-electron chi connectivity index (χ0n) is 7.13. The Morgan fingerprint density at radius 3 is 2.54 bits per heavy atom. The minimum atomic E-state index is -0.219. The van der Waals surface area contributed by atoms with Gasteiger partial charge in [-0.2, -0.15) is 0 Å². The van der Waals surface area contributed by atoms with Crippen LogP contribution in [-0.4, -0.2) is 12.6 Å². The summed E-state index contributed by atoms with van der Waals surface area (Å²) in [6.07, 6.45) is 0. The van der Waals surface area contributed by atoms with Crippen molar-refractivity contribution in [3.05, 3.63) is 35.6 Å². The molecule has 0 bridgehead atoms. The normalized spacial score (nSPS) is 27.8. The molecule has 1 heterocycles. The number of hydrogen-bond acceptors (Lipinski definition) is 3. The maximum atomic E-state index is 12.6. The van der Waals surface area contributed by atoms with E-state index in [2.05, 4.69) is 10.9 Å². The molecule has 0 aliphatic carbocycles. The summed E-state index contributed by atoms with van der Waals surface area (Å²) < 4.78 is 12.6. The highest BCUT2D eigenvalue weighted by molar-refractivity contribution is 5.22. The Balaban J connectivity index is 2.20. The number of benzene rings is 1. The van der Waals surface area contributed by atoms with Crippen LogP contribution in [0, 0.1) is 5.82 Å². The molecule has 13 heavy (non-hydrogen) atoms. The van der Waals surface area contributed by atoms with E-state index in [1.807, 2.05) is 0 Å². The maximum Gasteiger partial charge on any atom is 0.123 e. The molecule has 1 aliphatic heterocycles. The van der Waals surface area contributed by atoms with E-state index in [1.54, 1.807) is 12.1 Å². The molecule has 3 nitrogen and oxygen atoms in total. The van der Waals surface area contributed by atoms with Gasteiger partial charge < -0.3 is 5.73 Å². The number of nitrogens with one attached hydrogen (secondary N) is 2. The molecule has 2 atom stereocenters. The lowest BCUT2D eigenvalue weighted by atomic mass is 10.0. The number of halogens is 1. The van der Waals surface area contributed by atoms with Crippen molar-refractivity contribution in [2.45, 2.75) is 12.1 Å². The third-order valence-corrected chi connectivity index (χ3v) is 2.25. The fourth-order valence-corrected chi connectivity index (χ4v) is 1.51. The molecule has 1 aromatic carbocycles. The first-order valence-electron chi connectivity index (χ1n) is 4.27. The Kier molecular flexibility index (Phi) is 2.26. The van der Waals surface area contributed by atoms with Crippen LogP contribution in [0.15, 0.2) is 24.3 Å². The Labute approximate surface area is 76.1 Å². The van der Waals surface area contributed by atoms with Crippen LogP contribution in [0.4, 0.5) is 4.39 Å². The standard InChI is InChI=1S/C9H12FN3/c10-7-3-1-6(2-4-7)9-8(11)5-12-13-9/h1-4,8-9,12-13H,5,11H2. The van der Waals surface area contributed by atoms with E-state index >= 15 is 0 Å². The Bertz CT molecular complexity index is 285. The predicted octanol–water partition coefficient (Wildman–Crippen LogP) is 0.302. The van der Waals surface area contributed by atoms with Gasteiger partial charge in [-0.15, -0.1) is 0 Å². The van der Waals surface area contributed by atoms with Crippen molar-refractivity contribution in [3.8, 4) is 0 Å². The lowest BCUT2D eigenvalue weighted by Gasteiger charge is -2.14. The molecule has 70 valence electrons. The summed E-state index contributed by atoms with van der Waals surface area (Å²) >= 11 is 0. The average molecular weight is 181 g/mol. The van der Waals surface area contributed by atoms with Crippen molar-refractivity contribution in [2.24, 2.45) is 5.73 Å². The molecule has 1 aromatic rings. The summed E-state index contributed by atoms with van der Waals surface area (Å²) in [4.78, 5) is 0. The Morgan fingerprint density at radius 2 is 2.00 bits per heavy atom. The number of rotatable bonds is 1. The summed E-state index contributed by atoms with van der Waals surface area (Å²) in [6, 6.07) is 6.52. The van der Waals surface area contributed by atoms with E-state index in [1.165, 1.54) is 12.1 Å². The largest absolute Gasteiger partial charge is 0.325 e. The molecular formula is C9H12FN3. The van der Waals surface area contributed by atoms with Gasteiger partial charge in [0.1, 0.15) is 5.82 Å². The first kappa shape index (κ1) is 8.62. The second-order valence-corrected chi connectivity index (χ2v) is 3.22. The number of hydrogen-bond donors (Lipinski definition) is 3. The van der Waals surface area contributed by atoms with E-state index in [9.17, 15) is 4.39 Å². The van der Waals surface area contributed by atoms with Gasteiger partial charge in [-0.3, -0.25) is 5.43 Å². The molecule has 1 aliphatic rings. The second-order valence-electron chi connectivity index (χ2n) is 3.22. The minimum absolute atomic E-state index is 0.0467. The van der Waals surface area contributed by atoms with Gasteiger partial charge in [0.25, 0.3) is 0 Å². The Hall–Kier alpha value is -0.970. The third kappa shape index (κ3) is 1.70. The van der Waals surface area contributed by atoms with Gasteiger partial charge in [0.05, 0.1) is 6.04 Å². The second kappa shape index (κ2) is 3.41. The van der Waals surface area contributed by atoms with Crippen LogP contribution >= 0.6 is 0 Å². The first-order chi connectivity index (χ1) is 6.27. The van der Waals surface area contributed by atoms with Crippen LogP contribution in [-0.2, 0) is 0 Å². The third-order valence-electron chi connectivity index (χ3n) is 2.25. The lowest BCUT2D eigenvalue weighted by molar-refractivity contribution is 0.548. The van der Waals surface area contributed by atoms with Crippen molar-refractivity contribution in [2.75, 3.05) is 6.54 Å². The van der Waals surface area contributed by atoms with Gasteiger partial charge in [0.15, 0.2) is 0 Å². The smallest absolute Gasteiger partial charge is 0.123 e. The average Bonchev–Trinajstić information content (AvgIpc) is 2.53. The monoisotopic (exact) mass is 181 g/mol. The van der Waals surface area contributed by atoms with E-state index in [0.29, 0.717) is 0 Å². The van der Waals surface area contributed by atoms with Gasteiger partial charge >= 0.3 is 0 Å². The SMILES string of the molecule is NC1CNNC1c1ccc(F)cc1. The maximum absolute atomic E-state index is 12.6. The summed E-state index contributed by atoms with van der Waals surface area (Å²) in [5, 5.41) is 0. The van der Waals surface area contributed by atoms with Crippen LogP contribution in [0.2, 0.25) is 0 Å². The molecule has 2 unspecified atom stereocenters. The van der Waals surface area contributed by atoms with Crippen molar-refractivity contribution in [1.82, 2.24) is 10.9 Å². The molecule has 0 saturated carbocycles. The number of nitrogens with two attached hydrogens (primary N) is 1. The summed E-state index contributed by atoms with van der Waals surface area (Å²) in [5.74, 6) is -0.219. The summed E-state index contributed by atoms with van der Waals surface area (Å²) in [7, 11) is 0. The van der Waals surface area contributed by atoms with Crippen LogP contribution in [0.3, 0.4) is 0 Å². The zero-order chi connectivity index (χ0) is 9.26. The van der Waals surface area contributed by atoms with E-state index in [4.69, 9.17) is 5.73 Å². The molecule has 4 heteroatoms. The topological polar surface area (TPSA) is 50.1 Å². The fraction of sp³-hybridized carbons (Fsp3) is 0.333. The fourth-order valence-electron chi connectivity index (χ4n) is 1.51. The van der Waals surface area contributed by atoms with Crippen molar-refractivity contribution in [3.63, 3.8) is 0 Å². The summed E-state index contributed by atoms with van der Waals surface area (Å²) in [5.41, 5.74) is 12.9. The van der Waals surface area contributed by atoms with Gasteiger partial charge in [-0.05, 0) is 17.7 Å². The number of hydrazine groups is 1. The highest BCUT2D eigenvalue weighted by Gasteiger charge is 2.24. The van der Waals surface area contributed by atoms with E-state index in [-0.39, 0.29) is 17.9 Å². The molecule has 0 aromatic heterocycles. The van der Waals surface area contributed by atoms with E-state index in [0.717, 1.165) is 12.1 Å². The van der Waals surface area contributed by atoms with Crippen molar-refractivity contribution in [1.29, 1.82) is 0 Å². The van der Waals surface area contributed by atoms with E-state index < -0.39 is 0 Å². The van der Waals surface area contributed by atoms with Crippen LogP contribution in [0.5, 0.6) is 0 Å². The summed E-state index contributed by atoms with van der Waals surface area (Å²) in [6.45, 7) is 0.738. The first-order valence-corrected chi connectivity index (χ1v) is 4.27. The zero-order valence-corrected chi connectivity index (χ0v) is 7.13. The van der Waals surface area contributed by atoms with Crippen LogP contribution < -0.4 is 16.6 Å². The van der Waals surface area contributed by atoms with Gasteiger partial charge in [-0.25, -0.2) is 9.82 Å². The van der Waals surface area contributed by atoms with Crippen LogP contribution in [0.1, 0.15) is 11.6 Å². The highest BCUT2D eigenvalue weighted by atomic mass is 19.1. The quantitative estimate of drug-likeness (QED) is 0.584. The van der Waals surface area contributed by atoms with Crippen molar-refractivity contribution < 1.29 is 4.39 Å². The van der Waals surface area contributed by atoms with Crippen molar-refractivity contribution >= 4 is 0 Å². The minimum Gasteiger partial charge on any atom is -0.325 e. The van der Waals surface area contributed by atoms with Crippen LogP contribution in [0.25, 0.3) is 0 Å². The molecule has 0 amide bonds. The Morgan fingerprint density at radius 1 is 1.31 bits per heavy atom. The molecular weight excluding hydrogens is 169 g/mol. The van der Waals surface area contributed by atoms with Gasteiger partial charge in [0.2, 0.25) is 0 Å². The van der Waals surface area contributed by atoms with Gasteiger partial charge in [0, 0.05) is 12.6 Å².